The fourth-order valence-corrected chi connectivity index (χ4v) is 6.28. The molecule has 246 valence electrons. The maximum absolute atomic E-state index is 13.9. The average molecular weight is 614 g/mol. The van der Waals surface area contributed by atoms with Crippen LogP contribution in [0.4, 0.5) is 13.6 Å². The van der Waals surface area contributed by atoms with Crippen molar-refractivity contribution >= 4 is 11.8 Å². The number of halogens is 2. The zero-order valence-corrected chi connectivity index (χ0v) is 28.8. The molecule has 1 aliphatic heterocycles. The second-order valence-corrected chi connectivity index (χ2v) is 13.2. The molecule has 2 rings (SSSR count). The molecule has 0 aromatic heterocycles. The van der Waals surface area contributed by atoms with Crippen molar-refractivity contribution in [3.8, 4) is 0 Å². The highest BCUT2D eigenvalue weighted by Gasteiger charge is 2.36. The molecule has 1 fully saturated rings. The molecular formula is C37H57F2N3O2. The van der Waals surface area contributed by atoms with Crippen LogP contribution in [-0.2, 0) is 11.2 Å². The van der Waals surface area contributed by atoms with Gasteiger partial charge in [-0.2, -0.15) is 0 Å². The summed E-state index contributed by atoms with van der Waals surface area (Å²) in [6, 6.07) is 3.74. The molecule has 1 saturated heterocycles. The van der Waals surface area contributed by atoms with E-state index in [1.807, 2.05) is 25.7 Å². The summed E-state index contributed by atoms with van der Waals surface area (Å²) in [5, 5.41) is 0. The third kappa shape index (κ3) is 10.9. The lowest BCUT2D eigenvalue weighted by Gasteiger charge is -2.46. The lowest BCUT2D eigenvalue weighted by Crippen LogP contribution is -2.58. The van der Waals surface area contributed by atoms with E-state index in [1.54, 1.807) is 6.20 Å². The van der Waals surface area contributed by atoms with Crippen molar-refractivity contribution in [1.29, 1.82) is 0 Å². The van der Waals surface area contributed by atoms with Crippen LogP contribution in [-0.4, -0.2) is 52.4 Å². The summed E-state index contributed by atoms with van der Waals surface area (Å²) in [6.45, 7) is 23.8. The first-order chi connectivity index (χ1) is 20.8. The van der Waals surface area contributed by atoms with E-state index in [0.717, 1.165) is 35.9 Å². The topological polar surface area (TPSA) is 45.1 Å². The molecule has 1 heterocycles. The Hall–Kier alpha value is -2.96. The van der Waals surface area contributed by atoms with Crippen LogP contribution in [0.5, 0.6) is 0 Å². The Balaban J connectivity index is 2.52. The molecule has 1 unspecified atom stereocenters. The molecule has 0 spiro atoms. The Morgan fingerprint density at radius 1 is 1.07 bits per heavy atom. The predicted molar refractivity (Wildman–Crippen MR) is 180 cm³/mol. The third-order valence-corrected chi connectivity index (χ3v) is 8.43. The Morgan fingerprint density at radius 2 is 1.68 bits per heavy atom. The summed E-state index contributed by atoms with van der Waals surface area (Å²) in [7, 11) is 0. The molecule has 7 heteroatoms. The SMILES string of the molecule is C=CN=C(CCCc1cc(F)cc(F)c1)C(/C(=C\C)C(CC)CCCCC)=C(\C)N1C[C@@H](C)N(C(=O)OC(C)(C)C)C[C@@H]1C. The molecule has 44 heavy (non-hydrogen) atoms. The van der Waals surface area contributed by atoms with Crippen LogP contribution in [0.2, 0.25) is 0 Å². The van der Waals surface area contributed by atoms with Crippen LogP contribution in [0.1, 0.15) is 113 Å². The minimum Gasteiger partial charge on any atom is -0.444 e. The molecule has 1 aliphatic rings. The van der Waals surface area contributed by atoms with Crippen molar-refractivity contribution in [2.45, 2.75) is 131 Å². The maximum Gasteiger partial charge on any atom is 0.410 e. The van der Waals surface area contributed by atoms with E-state index in [9.17, 15) is 13.6 Å². The summed E-state index contributed by atoms with van der Waals surface area (Å²) < 4.78 is 33.5. The molecule has 1 aromatic carbocycles. The first-order valence-electron chi connectivity index (χ1n) is 16.5. The normalized spacial score (nSPS) is 19.5. The van der Waals surface area contributed by atoms with E-state index in [1.165, 1.54) is 37.0 Å². The minimum absolute atomic E-state index is 0.0412. The Kier molecular flexibility index (Phi) is 14.8. The fourth-order valence-electron chi connectivity index (χ4n) is 6.28. The molecule has 1 aromatic rings. The zero-order chi connectivity index (χ0) is 33.0. The molecule has 0 aliphatic carbocycles. The quantitative estimate of drug-likeness (QED) is 0.119. The standard InChI is InChI=1S/C37H57F2N3O2/c1-11-15-16-19-30(12-2)33(13-3)35(34(40-14-4)20-17-18-29-21-31(38)23-32(39)22-29)28(7)41-24-27(6)42(25-26(41)5)36(43)44-37(8,9)10/h13-14,21-23,26-27,30H,4,11-12,15-20,24-25H2,1-3,5-10H3/b33-13-,35-28+,40-34?/t26-,27+,30?/m0/s1. The number of unbranched alkanes of at least 4 members (excludes halogenated alkanes) is 2. The maximum atomic E-state index is 13.9. The number of allylic oxidation sites excluding steroid dienone is 4. The van der Waals surface area contributed by atoms with Gasteiger partial charge in [-0.3, -0.25) is 4.99 Å². The number of nitrogens with zero attached hydrogens (tertiary/aromatic N) is 3. The smallest absolute Gasteiger partial charge is 0.410 e. The van der Waals surface area contributed by atoms with E-state index in [4.69, 9.17) is 9.73 Å². The molecular weight excluding hydrogens is 556 g/mol. The van der Waals surface area contributed by atoms with Crippen molar-refractivity contribution in [3.63, 3.8) is 0 Å². The van der Waals surface area contributed by atoms with Gasteiger partial charge in [0.2, 0.25) is 0 Å². The number of rotatable bonds is 14. The van der Waals surface area contributed by atoms with Gasteiger partial charge in [-0.1, -0.05) is 45.8 Å². The van der Waals surface area contributed by atoms with Gasteiger partial charge in [0.15, 0.2) is 0 Å². The first-order valence-corrected chi connectivity index (χ1v) is 16.5. The van der Waals surface area contributed by atoms with Gasteiger partial charge in [-0.15, -0.1) is 0 Å². The summed E-state index contributed by atoms with van der Waals surface area (Å²) in [6.07, 6.45) is 11.1. The van der Waals surface area contributed by atoms with Crippen LogP contribution < -0.4 is 0 Å². The number of benzene rings is 1. The van der Waals surface area contributed by atoms with Crippen LogP contribution in [0.25, 0.3) is 0 Å². The van der Waals surface area contributed by atoms with Gasteiger partial charge in [0.05, 0.1) is 0 Å². The number of carbonyl (C=O) groups is 1. The van der Waals surface area contributed by atoms with E-state index >= 15 is 0 Å². The highest BCUT2D eigenvalue weighted by molar-refractivity contribution is 6.05. The van der Waals surface area contributed by atoms with Crippen LogP contribution in [0.3, 0.4) is 0 Å². The molecule has 3 atom stereocenters. The van der Waals surface area contributed by atoms with Gasteiger partial charge in [0.1, 0.15) is 17.2 Å². The van der Waals surface area contributed by atoms with E-state index < -0.39 is 17.2 Å². The largest absolute Gasteiger partial charge is 0.444 e. The van der Waals surface area contributed by atoms with Crippen LogP contribution in [0.15, 0.2) is 58.9 Å². The van der Waals surface area contributed by atoms with E-state index in [0.29, 0.717) is 43.8 Å². The number of hydrogen-bond donors (Lipinski definition) is 0. The van der Waals surface area contributed by atoms with Crippen molar-refractivity contribution in [2.24, 2.45) is 10.9 Å². The number of ether oxygens (including phenoxy) is 1. The summed E-state index contributed by atoms with van der Waals surface area (Å²) in [4.78, 5) is 22.1. The van der Waals surface area contributed by atoms with Gasteiger partial charge >= 0.3 is 6.09 Å². The second kappa shape index (κ2) is 17.5. The van der Waals surface area contributed by atoms with Gasteiger partial charge < -0.3 is 14.5 Å². The number of piperazine rings is 1. The first kappa shape index (κ1) is 37.2. The van der Waals surface area contributed by atoms with Gasteiger partial charge in [-0.25, -0.2) is 13.6 Å². The Labute approximate surface area is 266 Å². The van der Waals surface area contributed by atoms with Crippen LogP contribution in [0, 0.1) is 17.6 Å². The lowest BCUT2D eigenvalue weighted by molar-refractivity contribution is -0.00420. The number of amides is 1. The number of aryl methyl sites for hydroxylation is 1. The summed E-state index contributed by atoms with van der Waals surface area (Å²) >= 11 is 0. The summed E-state index contributed by atoms with van der Waals surface area (Å²) in [5.74, 6) is -0.738. The van der Waals surface area contributed by atoms with Gasteiger partial charge in [0.25, 0.3) is 0 Å². The van der Waals surface area contributed by atoms with Crippen molar-refractivity contribution in [3.05, 3.63) is 71.1 Å². The van der Waals surface area contributed by atoms with E-state index in [2.05, 4.69) is 59.1 Å². The minimum atomic E-state index is -0.556. The van der Waals surface area contributed by atoms with Gasteiger partial charge in [0, 0.05) is 54.4 Å². The third-order valence-electron chi connectivity index (χ3n) is 8.43. The molecule has 0 bridgehead atoms. The molecule has 0 N–H and O–H groups in total. The molecule has 5 nitrogen and oxygen atoms in total. The number of aliphatic imine (C=N–C) groups is 1. The molecule has 1 amide bonds. The second-order valence-electron chi connectivity index (χ2n) is 13.2. The van der Waals surface area contributed by atoms with Gasteiger partial charge in [-0.05, 0) is 110 Å². The van der Waals surface area contributed by atoms with Crippen molar-refractivity contribution in [1.82, 2.24) is 9.80 Å². The molecule has 0 saturated carbocycles. The predicted octanol–water partition coefficient (Wildman–Crippen LogP) is 10.0. The summed E-state index contributed by atoms with van der Waals surface area (Å²) in [5.41, 5.74) is 4.57. The number of hydrogen-bond acceptors (Lipinski definition) is 4. The lowest BCUT2D eigenvalue weighted by atomic mass is 9.82. The number of carbonyl (C=O) groups excluding carboxylic acids is 1. The zero-order valence-electron chi connectivity index (χ0n) is 28.8. The van der Waals surface area contributed by atoms with Crippen molar-refractivity contribution in [2.75, 3.05) is 13.1 Å². The Morgan fingerprint density at radius 3 is 2.23 bits per heavy atom. The highest BCUT2D eigenvalue weighted by Crippen LogP contribution is 2.35. The average Bonchev–Trinajstić information content (AvgIpc) is 2.93. The monoisotopic (exact) mass is 613 g/mol. The molecule has 0 radical (unpaired) electrons. The van der Waals surface area contributed by atoms with E-state index in [-0.39, 0.29) is 18.2 Å². The van der Waals surface area contributed by atoms with Crippen LogP contribution >= 0.6 is 0 Å². The van der Waals surface area contributed by atoms with Crippen molar-refractivity contribution < 1.29 is 18.3 Å². The highest BCUT2D eigenvalue weighted by atomic mass is 19.1. The Bertz CT molecular complexity index is 1180. The fraction of sp³-hybridized carbons (Fsp3) is 0.622.